The molecule has 14 heteroatoms. The molecule has 47 heavy (non-hydrogen) atoms. The number of nitrogens with zero attached hydrogens (tertiary/aromatic N) is 3. The van der Waals surface area contributed by atoms with Crippen LogP contribution in [0.25, 0.3) is 0 Å². The van der Waals surface area contributed by atoms with Crippen molar-refractivity contribution >= 4 is 46.2 Å². The van der Waals surface area contributed by atoms with Crippen LogP contribution < -0.4 is 24.6 Å². The van der Waals surface area contributed by atoms with Gasteiger partial charge in [0.2, 0.25) is 0 Å². The molecular formula is C33H34ClF3N4O5S. The predicted molar refractivity (Wildman–Crippen MR) is 176 cm³/mol. The Bertz CT molecular complexity index is 1620. The van der Waals surface area contributed by atoms with Crippen LogP contribution in [0.3, 0.4) is 0 Å². The maximum atomic E-state index is 13.6. The van der Waals surface area contributed by atoms with Crippen LogP contribution in [0.2, 0.25) is 5.02 Å². The molecule has 1 saturated heterocycles. The Hall–Kier alpha value is -3.93. The van der Waals surface area contributed by atoms with Crippen molar-refractivity contribution in [3.05, 3.63) is 82.4 Å². The van der Waals surface area contributed by atoms with Crippen molar-refractivity contribution in [1.29, 1.82) is 5.26 Å². The molecular weight excluding hydrogens is 657 g/mol. The van der Waals surface area contributed by atoms with E-state index < -0.39 is 28.7 Å². The summed E-state index contributed by atoms with van der Waals surface area (Å²) in [5.41, 5.74) is -1.39. The maximum Gasteiger partial charge on any atom is 0.417 e. The largest absolute Gasteiger partial charge is 0.491 e. The van der Waals surface area contributed by atoms with Gasteiger partial charge in [0, 0.05) is 22.8 Å². The minimum Gasteiger partial charge on any atom is -0.491 e. The van der Waals surface area contributed by atoms with E-state index in [0.29, 0.717) is 61.8 Å². The summed E-state index contributed by atoms with van der Waals surface area (Å²) >= 11 is 11.6. The third kappa shape index (κ3) is 8.71. The van der Waals surface area contributed by atoms with Gasteiger partial charge in [-0.25, -0.2) is 0 Å². The zero-order valence-corrected chi connectivity index (χ0v) is 27.6. The molecule has 1 fully saturated rings. The number of carbonyl (C=O) groups is 1. The van der Waals surface area contributed by atoms with E-state index in [0.717, 1.165) is 22.6 Å². The first-order valence-electron chi connectivity index (χ1n) is 14.6. The molecule has 3 aromatic carbocycles. The molecule has 1 aliphatic heterocycles. The van der Waals surface area contributed by atoms with E-state index in [1.54, 1.807) is 55.1 Å². The molecule has 0 saturated carbocycles. The number of rotatable bonds is 15. The van der Waals surface area contributed by atoms with Gasteiger partial charge < -0.3 is 29.2 Å². The number of hydrogen-bond donors (Lipinski definition) is 1. The van der Waals surface area contributed by atoms with E-state index in [9.17, 15) is 18.0 Å². The van der Waals surface area contributed by atoms with Crippen molar-refractivity contribution in [3.63, 3.8) is 0 Å². The molecule has 0 spiro atoms. The van der Waals surface area contributed by atoms with Gasteiger partial charge in [0.25, 0.3) is 5.91 Å². The van der Waals surface area contributed by atoms with Crippen LogP contribution in [0.5, 0.6) is 11.5 Å². The molecule has 9 nitrogen and oxygen atoms in total. The maximum absolute atomic E-state index is 13.6. The minimum atomic E-state index is -4.78. The summed E-state index contributed by atoms with van der Waals surface area (Å²) in [6.07, 6.45) is -4.78. The van der Waals surface area contributed by atoms with E-state index in [1.807, 2.05) is 19.2 Å². The SMILES string of the molecule is CNCc1ccc(Cl)cc1OCCOCCOCCOc1ccc(N2C(=S)N(c3ccc(C#N)c(C(F)(F)F)c3)C(=O)C2(C)C)cc1. The zero-order valence-electron chi connectivity index (χ0n) is 26.0. The predicted octanol–water partition coefficient (Wildman–Crippen LogP) is 6.36. The van der Waals surface area contributed by atoms with Gasteiger partial charge in [-0.1, -0.05) is 17.7 Å². The molecule has 1 aliphatic rings. The normalized spacial score (nSPS) is 14.4. The highest BCUT2D eigenvalue weighted by Gasteiger charge is 2.50. The molecule has 3 aromatic rings. The van der Waals surface area contributed by atoms with Crippen LogP contribution in [0.4, 0.5) is 24.5 Å². The number of nitrogens with one attached hydrogen (secondary N) is 1. The molecule has 1 N–H and O–H groups in total. The Morgan fingerprint density at radius 1 is 0.915 bits per heavy atom. The van der Waals surface area contributed by atoms with E-state index >= 15 is 0 Å². The Kier molecular flexibility index (Phi) is 12.1. The highest BCUT2D eigenvalue weighted by Crippen LogP contribution is 2.40. The van der Waals surface area contributed by atoms with Gasteiger partial charge >= 0.3 is 6.18 Å². The van der Waals surface area contributed by atoms with Gasteiger partial charge in [-0.2, -0.15) is 18.4 Å². The summed E-state index contributed by atoms with van der Waals surface area (Å²) in [4.78, 5) is 16.0. The van der Waals surface area contributed by atoms with Gasteiger partial charge in [-0.15, -0.1) is 0 Å². The third-order valence-electron chi connectivity index (χ3n) is 7.20. The summed E-state index contributed by atoms with van der Waals surface area (Å²) in [6, 6.07) is 17.0. The minimum absolute atomic E-state index is 0.0108. The van der Waals surface area contributed by atoms with Crippen LogP contribution in [0.1, 0.15) is 30.5 Å². The van der Waals surface area contributed by atoms with Crippen molar-refractivity contribution in [2.24, 2.45) is 0 Å². The van der Waals surface area contributed by atoms with E-state index in [1.165, 1.54) is 6.07 Å². The summed E-state index contributed by atoms with van der Waals surface area (Å²) in [5, 5.41) is 12.8. The fourth-order valence-electron chi connectivity index (χ4n) is 4.90. The molecule has 0 aliphatic carbocycles. The number of nitriles is 1. The zero-order chi connectivity index (χ0) is 34.2. The molecule has 0 aromatic heterocycles. The van der Waals surface area contributed by atoms with Crippen molar-refractivity contribution < 1.29 is 36.9 Å². The highest BCUT2D eigenvalue weighted by atomic mass is 35.5. The molecule has 1 heterocycles. The lowest BCUT2D eigenvalue weighted by molar-refractivity contribution is -0.137. The Balaban J connectivity index is 1.23. The smallest absolute Gasteiger partial charge is 0.417 e. The third-order valence-corrected chi connectivity index (χ3v) is 7.80. The number of ether oxygens (including phenoxy) is 4. The lowest BCUT2D eigenvalue weighted by Gasteiger charge is -2.29. The van der Waals surface area contributed by atoms with Gasteiger partial charge in [0.15, 0.2) is 5.11 Å². The van der Waals surface area contributed by atoms with Crippen LogP contribution in [0.15, 0.2) is 60.7 Å². The van der Waals surface area contributed by atoms with Crippen LogP contribution in [0, 0.1) is 11.3 Å². The number of thiocarbonyl (C=S) groups is 1. The number of benzene rings is 3. The van der Waals surface area contributed by atoms with Crippen molar-refractivity contribution in [1.82, 2.24) is 5.32 Å². The number of carbonyl (C=O) groups excluding carboxylic acids is 1. The lowest BCUT2D eigenvalue weighted by Crippen LogP contribution is -2.44. The van der Waals surface area contributed by atoms with E-state index in [-0.39, 0.29) is 17.4 Å². The average molecular weight is 691 g/mol. The first-order chi connectivity index (χ1) is 22.4. The molecule has 4 rings (SSSR count). The van der Waals surface area contributed by atoms with Gasteiger partial charge in [0.1, 0.15) is 30.3 Å². The van der Waals surface area contributed by atoms with Crippen LogP contribution in [-0.4, -0.2) is 63.2 Å². The molecule has 1 amide bonds. The van der Waals surface area contributed by atoms with Gasteiger partial charge in [0.05, 0.1) is 49.3 Å². The van der Waals surface area contributed by atoms with Crippen LogP contribution >= 0.6 is 23.8 Å². The summed E-state index contributed by atoms with van der Waals surface area (Å²) in [5.74, 6) is 0.761. The van der Waals surface area contributed by atoms with Crippen molar-refractivity contribution in [3.8, 4) is 17.6 Å². The second-order valence-electron chi connectivity index (χ2n) is 10.9. The van der Waals surface area contributed by atoms with Gasteiger partial charge in [-0.3, -0.25) is 9.69 Å². The Labute approximate surface area is 281 Å². The number of amides is 1. The number of hydrogen-bond acceptors (Lipinski definition) is 8. The second-order valence-corrected chi connectivity index (χ2v) is 11.7. The fourth-order valence-corrected chi connectivity index (χ4v) is 5.59. The van der Waals surface area contributed by atoms with Crippen LogP contribution in [-0.2, 0) is 27.0 Å². The highest BCUT2D eigenvalue weighted by molar-refractivity contribution is 7.81. The standard InChI is InChI=1S/C33H34ClF3N4O5S/c1-32(2)30(42)40(26-7-5-22(20-38)28(19-26)33(35,36)37)31(47)41(32)25-8-10-27(11-9-25)45-16-14-43-12-13-44-15-17-46-29-18-24(34)6-4-23(29)21-39-3/h4-11,18-19,39H,12-17,21H2,1-3H3. The van der Waals surface area contributed by atoms with Gasteiger partial charge in [-0.05, 0) is 87.7 Å². The molecule has 250 valence electrons. The molecule has 0 unspecified atom stereocenters. The molecule has 0 radical (unpaired) electrons. The number of anilines is 2. The summed E-state index contributed by atoms with van der Waals surface area (Å²) < 4.78 is 63.5. The fraction of sp³-hybridized carbons (Fsp3) is 0.364. The topological polar surface area (TPSA) is 96.3 Å². The lowest BCUT2D eigenvalue weighted by atomic mass is 10.0. The molecule has 0 atom stereocenters. The van der Waals surface area contributed by atoms with Crippen molar-refractivity contribution in [2.45, 2.75) is 32.1 Å². The quantitative estimate of drug-likeness (QED) is 0.144. The first kappa shape index (κ1) is 35.9. The Morgan fingerprint density at radius 3 is 2.15 bits per heavy atom. The Morgan fingerprint density at radius 2 is 1.53 bits per heavy atom. The average Bonchev–Trinajstić information content (AvgIpc) is 3.21. The summed E-state index contributed by atoms with van der Waals surface area (Å²) in [7, 11) is 1.86. The molecule has 0 bridgehead atoms. The number of halogens is 4. The second kappa shape index (κ2) is 15.8. The monoisotopic (exact) mass is 690 g/mol. The van der Waals surface area contributed by atoms with Crippen molar-refractivity contribution in [2.75, 3.05) is 56.5 Å². The van der Waals surface area contributed by atoms with E-state index in [4.69, 9.17) is 48.0 Å². The first-order valence-corrected chi connectivity index (χ1v) is 15.4. The number of alkyl halides is 3. The van der Waals surface area contributed by atoms with E-state index in [2.05, 4.69) is 5.32 Å². The summed E-state index contributed by atoms with van der Waals surface area (Å²) in [6.45, 7) is 6.06.